The standard InChI is InChI=1S/C20H20O7/c1-9-10(2)20(12-6-14(22)18(24)16(8-12)26-4)27-19(9)11-5-13(21)17(23)15(7-11)25-3/h5-8,21-24H,1-4H3. The summed E-state index contributed by atoms with van der Waals surface area (Å²) in [6.07, 6.45) is 0. The number of hydrogen-bond donors (Lipinski definition) is 4. The predicted molar refractivity (Wildman–Crippen MR) is 98.8 cm³/mol. The molecule has 0 radical (unpaired) electrons. The number of ether oxygens (including phenoxy) is 2. The number of hydrogen-bond acceptors (Lipinski definition) is 7. The molecular formula is C20H20O7. The van der Waals surface area contributed by atoms with Crippen molar-refractivity contribution >= 4 is 0 Å². The predicted octanol–water partition coefficient (Wildman–Crippen LogP) is 4.07. The van der Waals surface area contributed by atoms with Crippen molar-refractivity contribution in [2.75, 3.05) is 14.2 Å². The monoisotopic (exact) mass is 372 g/mol. The van der Waals surface area contributed by atoms with Gasteiger partial charge in [-0.3, -0.25) is 0 Å². The molecule has 2 aromatic carbocycles. The first kappa shape index (κ1) is 18.3. The molecule has 1 aromatic heterocycles. The molecule has 3 aromatic rings. The van der Waals surface area contributed by atoms with Gasteiger partial charge < -0.3 is 34.3 Å². The fraction of sp³-hybridized carbons (Fsp3) is 0.200. The Balaban J connectivity index is 2.19. The number of furan rings is 1. The fourth-order valence-electron chi connectivity index (χ4n) is 2.91. The van der Waals surface area contributed by atoms with Gasteiger partial charge >= 0.3 is 0 Å². The average Bonchev–Trinajstić information content (AvgIpc) is 2.95. The molecule has 27 heavy (non-hydrogen) atoms. The minimum Gasteiger partial charge on any atom is -0.504 e. The van der Waals surface area contributed by atoms with E-state index in [0.29, 0.717) is 22.6 Å². The SMILES string of the molecule is COc1cc(-c2oc(-c3cc(O)c(O)c(OC)c3)c(C)c2C)cc(O)c1O. The summed E-state index contributed by atoms with van der Waals surface area (Å²) in [6.45, 7) is 3.71. The van der Waals surface area contributed by atoms with Crippen LogP contribution in [-0.4, -0.2) is 34.6 Å². The molecule has 0 saturated carbocycles. The van der Waals surface area contributed by atoms with E-state index in [1.807, 2.05) is 13.8 Å². The van der Waals surface area contributed by atoms with Crippen molar-refractivity contribution in [1.82, 2.24) is 0 Å². The van der Waals surface area contributed by atoms with Crippen LogP contribution in [-0.2, 0) is 0 Å². The summed E-state index contributed by atoms with van der Waals surface area (Å²) < 4.78 is 16.2. The van der Waals surface area contributed by atoms with Gasteiger partial charge in [0.15, 0.2) is 23.0 Å². The highest BCUT2D eigenvalue weighted by molar-refractivity contribution is 5.76. The van der Waals surface area contributed by atoms with E-state index in [1.54, 1.807) is 12.1 Å². The van der Waals surface area contributed by atoms with E-state index in [-0.39, 0.29) is 34.5 Å². The number of phenols is 4. The van der Waals surface area contributed by atoms with E-state index in [9.17, 15) is 20.4 Å². The number of rotatable bonds is 4. The quantitative estimate of drug-likeness (QED) is 0.511. The van der Waals surface area contributed by atoms with Gasteiger partial charge in [0.05, 0.1) is 14.2 Å². The molecule has 0 atom stereocenters. The molecular weight excluding hydrogens is 352 g/mol. The lowest BCUT2D eigenvalue weighted by molar-refractivity contribution is 0.351. The fourth-order valence-corrected chi connectivity index (χ4v) is 2.91. The number of methoxy groups -OCH3 is 2. The second-order valence-corrected chi connectivity index (χ2v) is 6.10. The smallest absolute Gasteiger partial charge is 0.200 e. The maximum Gasteiger partial charge on any atom is 0.200 e. The van der Waals surface area contributed by atoms with Crippen molar-refractivity contribution in [3.8, 4) is 57.1 Å². The molecule has 0 amide bonds. The number of phenolic OH excluding ortho intramolecular Hbond substituents is 4. The maximum atomic E-state index is 9.94. The van der Waals surface area contributed by atoms with Crippen LogP contribution in [0.1, 0.15) is 11.1 Å². The van der Waals surface area contributed by atoms with Crippen LogP contribution in [0.25, 0.3) is 22.6 Å². The molecule has 0 bridgehead atoms. The lowest BCUT2D eigenvalue weighted by atomic mass is 10.0. The van der Waals surface area contributed by atoms with Crippen molar-refractivity contribution in [3.05, 3.63) is 35.4 Å². The summed E-state index contributed by atoms with van der Waals surface area (Å²) in [5, 5.41) is 39.5. The normalized spacial score (nSPS) is 10.8. The molecule has 1 heterocycles. The largest absolute Gasteiger partial charge is 0.504 e. The van der Waals surface area contributed by atoms with E-state index in [2.05, 4.69) is 0 Å². The zero-order valence-electron chi connectivity index (χ0n) is 15.3. The van der Waals surface area contributed by atoms with Gasteiger partial charge in [-0.15, -0.1) is 0 Å². The Kier molecular flexibility index (Phi) is 4.53. The van der Waals surface area contributed by atoms with Gasteiger partial charge in [-0.05, 0) is 49.2 Å². The van der Waals surface area contributed by atoms with Gasteiger partial charge in [0.25, 0.3) is 0 Å². The Hall–Kier alpha value is -3.48. The van der Waals surface area contributed by atoms with E-state index in [0.717, 1.165) is 11.1 Å². The minimum atomic E-state index is -0.351. The van der Waals surface area contributed by atoms with Crippen LogP contribution in [0.4, 0.5) is 0 Å². The second-order valence-electron chi connectivity index (χ2n) is 6.10. The highest BCUT2D eigenvalue weighted by atomic mass is 16.5. The van der Waals surface area contributed by atoms with Crippen LogP contribution >= 0.6 is 0 Å². The Morgan fingerprint density at radius 3 is 1.37 bits per heavy atom. The first-order chi connectivity index (χ1) is 12.8. The van der Waals surface area contributed by atoms with Crippen molar-refractivity contribution in [2.24, 2.45) is 0 Å². The Labute approximate surface area is 155 Å². The Morgan fingerprint density at radius 2 is 1.04 bits per heavy atom. The lowest BCUT2D eigenvalue weighted by Gasteiger charge is -2.08. The Morgan fingerprint density at radius 1 is 0.667 bits per heavy atom. The highest BCUT2D eigenvalue weighted by Crippen LogP contribution is 2.45. The van der Waals surface area contributed by atoms with Gasteiger partial charge in [-0.25, -0.2) is 0 Å². The first-order valence-electron chi connectivity index (χ1n) is 8.09. The topological polar surface area (TPSA) is 113 Å². The summed E-state index contributed by atoms with van der Waals surface area (Å²) in [6, 6.07) is 5.86. The third kappa shape index (κ3) is 2.97. The molecule has 7 heteroatoms. The van der Waals surface area contributed by atoms with Crippen LogP contribution in [0.15, 0.2) is 28.7 Å². The van der Waals surface area contributed by atoms with Crippen molar-refractivity contribution < 1.29 is 34.3 Å². The minimum absolute atomic E-state index is 0.115. The van der Waals surface area contributed by atoms with Crippen LogP contribution < -0.4 is 9.47 Å². The van der Waals surface area contributed by atoms with E-state index in [4.69, 9.17) is 13.9 Å². The van der Waals surface area contributed by atoms with Gasteiger partial charge in [0, 0.05) is 11.1 Å². The van der Waals surface area contributed by atoms with E-state index >= 15 is 0 Å². The second kappa shape index (κ2) is 6.68. The molecule has 3 rings (SSSR count). The van der Waals surface area contributed by atoms with Crippen LogP contribution in [0.3, 0.4) is 0 Å². The van der Waals surface area contributed by atoms with Crippen LogP contribution in [0.2, 0.25) is 0 Å². The lowest BCUT2D eigenvalue weighted by Crippen LogP contribution is -1.87. The molecule has 0 aliphatic carbocycles. The zero-order valence-corrected chi connectivity index (χ0v) is 15.3. The summed E-state index contributed by atoms with van der Waals surface area (Å²) in [7, 11) is 2.77. The number of benzene rings is 2. The molecule has 4 N–H and O–H groups in total. The summed E-state index contributed by atoms with van der Waals surface area (Å²) in [4.78, 5) is 0. The van der Waals surface area contributed by atoms with Gasteiger partial charge in [-0.1, -0.05) is 0 Å². The van der Waals surface area contributed by atoms with Gasteiger partial charge in [0.1, 0.15) is 11.5 Å². The molecule has 0 aliphatic rings. The molecule has 0 aliphatic heterocycles. The Bertz CT molecular complexity index is 938. The zero-order chi connectivity index (χ0) is 19.9. The number of aromatic hydroxyl groups is 4. The summed E-state index contributed by atoms with van der Waals surface area (Å²) >= 11 is 0. The van der Waals surface area contributed by atoms with Crippen molar-refractivity contribution in [1.29, 1.82) is 0 Å². The van der Waals surface area contributed by atoms with E-state index in [1.165, 1.54) is 26.4 Å². The van der Waals surface area contributed by atoms with Crippen molar-refractivity contribution in [3.63, 3.8) is 0 Å². The first-order valence-corrected chi connectivity index (χ1v) is 8.09. The van der Waals surface area contributed by atoms with Gasteiger partial charge in [-0.2, -0.15) is 0 Å². The summed E-state index contributed by atoms with van der Waals surface area (Å²) in [5.41, 5.74) is 2.65. The molecule has 0 spiro atoms. The van der Waals surface area contributed by atoms with Crippen LogP contribution in [0.5, 0.6) is 34.5 Å². The third-order valence-corrected chi connectivity index (χ3v) is 4.52. The molecule has 0 unspecified atom stereocenters. The van der Waals surface area contributed by atoms with Gasteiger partial charge in [0.2, 0.25) is 11.5 Å². The summed E-state index contributed by atoms with van der Waals surface area (Å²) in [5.74, 6) is -0.184. The average molecular weight is 372 g/mol. The van der Waals surface area contributed by atoms with E-state index < -0.39 is 0 Å². The maximum absolute atomic E-state index is 9.94. The molecule has 142 valence electrons. The molecule has 0 saturated heterocycles. The highest BCUT2D eigenvalue weighted by Gasteiger charge is 2.21. The third-order valence-electron chi connectivity index (χ3n) is 4.52. The van der Waals surface area contributed by atoms with Crippen molar-refractivity contribution in [2.45, 2.75) is 13.8 Å². The molecule has 0 fully saturated rings. The van der Waals surface area contributed by atoms with Crippen LogP contribution in [0, 0.1) is 13.8 Å². The molecule has 7 nitrogen and oxygen atoms in total.